The third kappa shape index (κ3) is 3.96. The van der Waals surface area contributed by atoms with E-state index in [0.29, 0.717) is 13.2 Å². The van der Waals surface area contributed by atoms with E-state index in [0.717, 1.165) is 37.2 Å². The number of carbonyl (C=O) groups excluding carboxylic acids is 1. The lowest BCUT2D eigenvalue weighted by Crippen LogP contribution is -2.33. The van der Waals surface area contributed by atoms with Crippen LogP contribution in [0.15, 0.2) is 24.3 Å². The van der Waals surface area contributed by atoms with Gasteiger partial charge in [0.05, 0.1) is 12.5 Å². The highest BCUT2D eigenvalue weighted by Gasteiger charge is 2.21. The van der Waals surface area contributed by atoms with E-state index in [1.54, 1.807) is 0 Å². The summed E-state index contributed by atoms with van der Waals surface area (Å²) in [4.78, 5) is 11.9. The quantitative estimate of drug-likeness (QED) is 0.813. The van der Waals surface area contributed by atoms with Crippen molar-refractivity contribution in [1.29, 1.82) is 0 Å². The van der Waals surface area contributed by atoms with E-state index in [-0.39, 0.29) is 11.8 Å². The van der Waals surface area contributed by atoms with Crippen LogP contribution in [-0.4, -0.2) is 32.1 Å². The molecule has 4 heteroatoms. The van der Waals surface area contributed by atoms with Crippen LogP contribution >= 0.6 is 0 Å². The van der Waals surface area contributed by atoms with Crippen molar-refractivity contribution < 1.29 is 9.53 Å². The van der Waals surface area contributed by atoms with Crippen molar-refractivity contribution in [3.05, 3.63) is 29.8 Å². The van der Waals surface area contributed by atoms with Gasteiger partial charge in [0.25, 0.3) is 0 Å². The van der Waals surface area contributed by atoms with Crippen LogP contribution in [0.5, 0.6) is 5.75 Å². The van der Waals surface area contributed by atoms with Gasteiger partial charge < -0.3 is 15.4 Å². The van der Waals surface area contributed by atoms with Gasteiger partial charge in [0.2, 0.25) is 5.91 Å². The van der Waals surface area contributed by atoms with Crippen LogP contribution in [0.1, 0.15) is 18.9 Å². The lowest BCUT2D eigenvalue weighted by Gasteiger charge is -2.12. The number of amides is 1. The first-order valence-electron chi connectivity index (χ1n) is 7.00. The van der Waals surface area contributed by atoms with Gasteiger partial charge >= 0.3 is 0 Å². The van der Waals surface area contributed by atoms with Gasteiger partial charge in [0.15, 0.2) is 0 Å². The maximum absolute atomic E-state index is 11.9. The van der Waals surface area contributed by atoms with E-state index in [4.69, 9.17) is 4.74 Å². The molecule has 1 amide bonds. The predicted octanol–water partition coefficient (Wildman–Crippen LogP) is 1.35. The second-order valence-corrected chi connectivity index (χ2v) is 4.77. The summed E-state index contributed by atoms with van der Waals surface area (Å²) in [5, 5.41) is 6.21. The van der Waals surface area contributed by atoms with Crippen LogP contribution in [-0.2, 0) is 11.2 Å². The Morgan fingerprint density at radius 1 is 1.47 bits per heavy atom. The van der Waals surface area contributed by atoms with E-state index in [9.17, 15) is 4.79 Å². The Bertz CT molecular complexity index is 414. The Kier molecular flexibility index (Phi) is 5.21. The van der Waals surface area contributed by atoms with Crippen LogP contribution in [0.4, 0.5) is 0 Å². The van der Waals surface area contributed by atoms with Crippen molar-refractivity contribution in [2.24, 2.45) is 5.92 Å². The average molecular weight is 262 g/mol. The summed E-state index contributed by atoms with van der Waals surface area (Å²) in [6.07, 6.45) is 1.75. The molecule has 19 heavy (non-hydrogen) atoms. The summed E-state index contributed by atoms with van der Waals surface area (Å²) < 4.78 is 5.57. The minimum Gasteiger partial charge on any atom is -0.494 e. The Morgan fingerprint density at radius 3 is 3.05 bits per heavy atom. The van der Waals surface area contributed by atoms with Gasteiger partial charge in [-0.15, -0.1) is 0 Å². The van der Waals surface area contributed by atoms with E-state index in [2.05, 4.69) is 10.6 Å². The fourth-order valence-electron chi connectivity index (χ4n) is 2.35. The van der Waals surface area contributed by atoms with Gasteiger partial charge in [0, 0.05) is 13.1 Å². The van der Waals surface area contributed by atoms with Crippen molar-refractivity contribution in [3.8, 4) is 5.75 Å². The Balaban J connectivity index is 1.80. The smallest absolute Gasteiger partial charge is 0.224 e. The third-order valence-corrected chi connectivity index (χ3v) is 3.40. The normalized spacial score (nSPS) is 18.3. The molecule has 2 rings (SSSR count). The molecule has 0 spiro atoms. The summed E-state index contributed by atoms with van der Waals surface area (Å²) in [5.41, 5.74) is 1.15. The molecule has 1 aliphatic heterocycles. The largest absolute Gasteiger partial charge is 0.494 e. The molecular formula is C15H22N2O2. The predicted molar refractivity (Wildman–Crippen MR) is 75.3 cm³/mol. The van der Waals surface area contributed by atoms with E-state index >= 15 is 0 Å². The van der Waals surface area contributed by atoms with Gasteiger partial charge in [-0.25, -0.2) is 0 Å². The number of rotatable bonds is 6. The molecule has 0 radical (unpaired) electrons. The molecule has 1 aromatic rings. The maximum atomic E-state index is 11.9. The molecule has 0 saturated carbocycles. The number of hydrogen-bond donors (Lipinski definition) is 2. The molecule has 2 N–H and O–H groups in total. The fourth-order valence-corrected chi connectivity index (χ4v) is 2.35. The highest BCUT2D eigenvalue weighted by molar-refractivity contribution is 5.79. The monoisotopic (exact) mass is 262 g/mol. The van der Waals surface area contributed by atoms with Crippen molar-refractivity contribution in [1.82, 2.24) is 10.6 Å². The fraction of sp³-hybridized carbons (Fsp3) is 0.533. The van der Waals surface area contributed by atoms with Crippen molar-refractivity contribution >= 4 is 5.91 Å². The molecule has 1 fully saturated rings. The standard InChI is InChI=1S/C15H22N2O2/c1-2-19-14-6-4-3-5-12(14)8-10-17-15(18)13-7-9-16-11-13/h3-6,13,16H,2,7-11H2,1H3,(H,17,18). The van der Waals surface area contributed by atoms with Crippen LogP contribution in [0.2, 0.25) is 0 Å². The van der Waals surface area contributed by atoms with Crippen LogP contribution < -0.4 is 15.4 Å². The summed E-state index contributed by atoms with van der Waals surface area (Å²) in [7, 11) is 0. The summed E-state index contributed by atoms with van der Waals surface area (Å²) >= 11 is 0. The molecule has 104 valence electrons. The first kappa shape index (κ1) is 13.9. The Labute approximate surface area is 114 Å². The van der Waals surface area contributed by atoms with Crippen LogP contribution in [0.25, 0.3) is 0 Å². The van der Waals surface area contributed by atoms with E-state index in [1.165, 1.54) is 0 Å². The molecule has 0 aliphatic carbocycles. The van der Waals surface area contributed by atoms with Crippen molar-refractivity contribution in [3.63, 3.8) is 0 Å². The molecule has 4 nitrogen and oxygen atoms in total. The average Bonchev–Trinajstić information content (AvgIpc) is 2.95. The van der Waals surface area contributed by atoms with Gasteiger partial charge in [0.1, 0.15) is 5.75 Å². The van der Waals surface area contributed by atoms with Gasteiger partial charge in [-0.1, -0.05) is 18.2 Å². The first-order chi connectivity index (χ1) is 9.31. The zero-order valence-corrected chi connectivity index (χ0v) is 11.4. The second-order valence-electron chi connectivity index (χ2n) is 4.77. The SMILES string of the molecule is CCOc1ccccc1CCNC(=O)C1CCNC1. The van der Waals surface area contributed by atoms with Crippen LogP contribution in [0, 0.1) is 5.92 Å². The minimum absolute atomic E-state index is 0.141. The zero-order chi connectivity index (χ0) is 13.5. The topological polar surface area (TPSA) is 50.4 Å². The van der Waals surface area contributed by atoms with E-state index < -0.39 is 0 Å². The summed E-state index contributed by atoms with van der Waals surface area (Å²) in [6, 6.07) is 7.99. The first-order valence-corrected chi connectivity index (χ1v) is 7.00. The molecule has 0 bridgehead atoms. The lowest BCUT2D eigenvalue weighted by atomic mass is 10.1. The molecule has 1 aliphatic rings. The Hall–Kier alpha value is -1.55. The molecular weight excluding hydrogens is 240 g/mol. The molecule has 1 aromatic carbocycles. The lowest BCUT2D eigenvalue weighted by molar-refractivity contribution is -0.124. The number of ether oxygens (including phenoxy) is 1. The van der Waals surface area contributed by atoms with Crippen molar-refractivity contribution in [2.75, 3.05) is 26.2 Å². The molecule has 1 atom stereocenters. The number of benzene rings is 1. The van der Waals surface area contributed by atoms with Crippen LogP contribution in [0.3, 0.4) is 0 Å². The highest BCUT2D eigenvalue weighted by Crippen LogP contribution is 2.18. The third-order valence-electron chi connectivity index (χ3n) is 3.40. The van der Waals surface area contributed by atoms with Gasteiger partial charge in [-0.05, 0) is 37.9 Å². The Morgan fingerprint density at radius 2 is 2.32 bits per heavy atom. The second kappa shape index (κ2) is 7.14. The zero-order valence-electron chi connectivity index (χ0n) is 11.4. The number of hydrogen-bond acceptors (Lipinski definition) is 3. The van der Waals surface area contributed by atoms with E-state index in [1.807, 2.05) is 31.2 Å². The number of nitrogens with one attached hydrogen (secondary N) is 2. The van der Waals surface area contributed by atoms with Gasteiger partial charge in [-0.2, -0.15) is 0 Å². The minimum atomic E-state index is 0.141. The molecule has 1 unspecified atom stereocenters. The highest BCUT2D eigenvalue weighted by atomic mass is 16.5. The molecule has 0 aromatic heterocycles. The number of carbonyl (C=O) groups is 1. The van der Waals surface area contributed by atoms with Crippen molar-refractivity contribution in [2.45, 2.75) is 19.8 Å². The molecule has 1 saturated heterocycles. The summed E-state index contributed by atoms with van der Waals surface area (Å²) in [6.45, 7) is 5.06. The number of para-hydroxylation sites is 1. The summed E-state index contributed by atoms with van der Waals surface area (Å²) in [5.74, 6) is 1.22. The maximum Gasteiger partial charge on any atom is 0.224 e. The molecule has 1 heterocycles. The van der Waals surface area contributed by atoms with Gasteiger partial charge in [-0.3, -0.25) is 4.79 Å².